The third-order valence-electron chi connectivity index (χ3n) is 1.67. The highest BCUT2D eigenvalue weighted by Crippen LogP contribution is 2.30. The average molecular weight is 308 g/mol. The van der Waals surface area contributed by atoms with E-state index in [0.717, 1.165) is 0 Å². The van der Waals surface area contributed by atoms with E-state index < -0.39 is 5.82 Å². The maximum absolute atomic E-state index is 13.4. The van der Waals surface area contributed by atoms with Crippen molar-refractivity contribution in [2.24, 2.45) is 0 Å². The highest BCUT2D eigenvalue weighted by atomic mass is 79.9. The van der Waals surface area contributed by atoms with Gasteiger partial charge < -0.3 is 5.32 Å². The Morgan fingerprint density at radius 3 is 2.87 bits per heavy atom. The molecule has 0 saturated heterocycles. The normalized spacial score (nSPS) is 10.3. The minimum Gasteiger partial charge on any atom is -0.328 e. The highest BCUT2D eigenvalue weighted by molar-refractivity contribution is 9.10. The summed E-state index contributed by atoms with van der Waals surface area (Å²) in [4.78, 5) is 4.09. The Balaban J connectivity index is 2.31. The number of benzene rings is 1. The number of nitrogens with one attached hydrogen (secondary N) is 1. The molecular weight excluding hydrogens is 303 g/mol. The third kappa shape index (κ3) is 2.48. The van der Waals surface area contributed by atoms with Crippen LogP contribution in [0.1, 0.15) is 0 Å². The largest absolute Gasteiger partial charge is 0.328 e. The zero-order valence-corrected chi connectivity index (χ0v) is 10.5. The molecule has 2 nitrogen and oxygen atoms in total. The maximum atomic E-state index is 13.4. The van der Waals surface area contributed by atoms with Crippen molar-refractivity contribution in [2.75, 3.05) is 5.32 Å². The molecule has 78 valence electrons. The Kier molecular flexibility index (Phi) is 3.23. The number of thiazole rings is 1. The summed E-state index contributed by atoms with van der Waals surface area (Å²) in [5, 5.41) is 5.56. The van der Waals surface area contributed by atoms with E-state index in [1.54, 1.807) is 17.5 Å². The molecule has 0 unspecified atom stereocenters. The molecule has 6 heteroatoms. The molecule has 0 saturated carbocycles. The van der Waals surface area contributed by atoms with Crippen LogP contribution in [-0.2, 0) is 0 Å². The molecule has 0 aliphatic rings. The molecule has 0 spiro atoms. The molecule has 0 amide bonds. The summed E-state index contributed by atoms with van der Waals surface area (Å²) >= 11 is 10.4. The van der Waals surface area contributed by atoms with Crippen LogP contribution in [0, 0.1) is 5.82 Å². The zero-order chi connectivity index (χ0) is 10.8. The van der Waals surface area contributed by atoms with Crippen molar-refractivity contribution in [3.05, 3.63) is 39.0 Å². The SMILES string of the molecule is Fc1cccc(Cl)c1Nc1nc(Br)cs1. The van der Waals surface area contributed by atoms with Crippen LogP contribution in [-0.4, -0.2) is 4.98 Å². The van der Waals surface area contributed by atoms with Crippen LogP contribution in [0.4, 0.5) is 15.2 Å². The van der Waals surface area contributed by atoms with E-state index in [-0.39, 0.29) is 5.69 Å². The van der Waals surface area contributed by atoms with Crippen molar-refractivity contribution in [1.29, 1.82) is 0 Å². The van der Waals surface area contributed by atoms with Crippen LogP contribution >= 0.6 is 38.9 Å². The standard InChI is InChI=1S/C9H5BrClFN2S/c10-7-4-15-9(13-7)14-8-5(11)2-1-3-6(8)12/h1-4H,(H,13,14). The molecular formula is C9H5BrClFN2S. The van der Waals surface area contributed by atoms with Gasteiger partial charge in [-0.3, -0.25) is 0 Å². The Morgan fingerprint density at radius 2 is 2.27 bits per heavy atom. The van der Waals surface area contributed by atoms with Crippen LogP contribution < -0.4 is 5.32 Å². The predicted molar refractivity (Wildman–Crippen MR) is 64.5 cm³/mol. The molecule has 0 bridgehead atoms. The summed E-state index contributed by atoms with van der Waals surface area (Å²) in [6.07, 6.45) is 0. The van der Waals surface area contributed by atoms with Crippen molar-refractivity contribution >= 4 is 49.7 Å². The van der Waals surface area contributed by atoms with Crippen molar-refractivity contribution in [1.82, 2.24) is 4.98 Å². The van der Waals surface area contributed by atoms with Gasteiger partial charge >= 0.3 is 0 Å². The predicted octanol–water partition coefficient (Wildman–Crippen LogP) is 4.44. The zero-order valence-electron chi connectivity index (χ0n) is 7.30. The number of para-hydroxylation sites is 1. The van der Waals surface area contributed by atoms with Crippen LogP contribution in [0.2, 0.25) is 5.02 Å². The molecule has 0 aliphatic heterocycles. The molecule has 1 aromatic heterocycles. The quantitative estimate of drug-likeness (QED) is 0.887. The van der Waals surface area contributed by atoms with Crippen molar-refractivity contribution in [2.45, 2.75) is 0 Å². The minimum atomic E-state index is -0.395. The van der Waals surface area contributed by atoms with Gasteiger partial charge in [0.25, 0.3) is 0 Å². The van der Waals surface area contributed by atoms with Crippen LogP contribution in [0.5, 0.6) is 0 Å². The Labute approximate surface area is 103 Å². The molecule has 0 atom stereocenters. The summed E-state index contributed by atoms with van der Waals surface area (Å²) in [6.45, 7) is 0. The number of nitrogens with zero attached hydrogens (tertiary/aromatic N) is 1. The molecule has 2 aromatic rings. The Hall–Kier alpha value is -0.650. The lowest BCUT2D eigenvalue weighted by Gasteiger charge is -2.05. The van der Waals surface area contributed by atoms with Gasteiger partial charge in [0.2, 0.25) is 0 Å². The summed E-state index contributed by atoms with van der Waals surface area (Å²) in [5.41, 5.74) is 0.251. The first kappa shape index (κ1) is 10.9. The average Bonchev–Trinajstić information content (AvgIpc) is 2.58. The number of rotatable bonds is 2. The topological polar surface area (TPSA) is 24.9 Å². The van der Waals surface area contributed by atoms with Crippen molar-refractivity contribution in [3.8, 4) is 0 Å². The second-order valence-electron chi connectivity index (χ2n) is 2.70. The lowest BCUT2D eigenvalue weighted by atomic mass is 10.3. The fraction of sp³-hybridized carbons (Fsp3) is 0. The van der Waals surface area contributed by atoms with E-state index >= 15 is 0 Å². The van der Waals surface area contributed by atoms with Gasteiger partial charge in [-0.05, 0) is 28.1 Å². The van der Waals surface area contributed by atoms with Gasteiger partial charge in [0, 0.05) is 5.38 Å². The molecule has 1 heterocycles. The monoisotopic (exact) mass is 306 g/mol. The fourth-order valence-electron chi connectivity index (χ4n) is 1.04. The number of hydrogen-bond acceptors (Lipinski definition) is 3. The molecule has 0 fully saturated rings. The number of anilines is 2. The lowest BCUT2D eigenvalue weighted by Crippen LogP contribution is -1.93. The molecule has 2 rings (SSSR count). The van der Waals surface area contributed by atoms with E-state index in [9.17, 15) is 4.39 Å². The smallest absolute Gasteiger partial charge is 0.188 e. The molecule has 0 aliphatic carbocycles. The number of aromatic nitrogens is 1. The fourth-order valence-corrected chi connectivity index (χ4v) is 2.39. The van der Waals surface area contributed by atoms with Crippen LogP contribution in [0.15, 0.2) is 28.2 Å². The Bertz CT molecular complexity index is 468. The van der Waals surface area contributed by atoms with Gasteiger partial charge in [0.15, 0.2) is 5.13 Å². The van der Waals surface area contributed by atoms with Gasteiger partial charge in [0.05, 0.1) is 10.7 Å². The third-order valence-corrected chi connectivity index (χ3v) is 3.45. The highest BCUT2D eigenvalue weighted by Gasteiger charge is 2.08. The molecule has 1 N–H and O–H groups in total. The first-order valence-corrected chi connectivity index (χ1v) is 6.04. The summed E-state index contributed by atoms with van der Waals surface area (Å²) in [7, 11) is 0. The van der Waals surface area contributed by atoms with E-state index in [2.05, 4.69) is 26.2 Å². The maximum Gasteiger partial charge on any atom is 0.188 e. The number of hydrogen-bond donors (Lipinski definition) is 1. The summed E-state index contributed by atoms with van der Waals surface area (Å²) in [6, 6.07) is 4.52. The second kappa shape index (κ2) is 4.47. The first-order chi connectivity index (χ1) is 7.16. The first-order valence-electron chi connectivity index (χ1n) is 3.99. The van der Waals surface area contributed by atoms with Crippen molar-refractivity contribution < 1.29 is 4.39 Å². The van der Waals surface area contributed by atoms with Gasteiger partial charge in [-0.25, -0.2) is 9.37 Å². The molecule has 15 heavy (non-hydrogen) atoms. The van der Waals surface area contributed by atoms with E-state index in [0.29, 0.717) is 14.8 Å². The summed E-state index contributed by atoms with van der Waals surface area (Å²) in [5.74, 6) is -0.395. The van der Waals surface area contributed by atoms with Crippen molar-refractivity contribution in [3.63, 3.8) is 0 Å². The van der Waals surface area contributed by atoms with Gasteiger partial charge in [0.1, 0.15) is 10.4 Å². The second-order valence-corrected chi connectivity index (χ2v) is 4.77. The minimum absolute atomic E-state index is 0.251. The number of halogens is 3. The Morgan fingerprint density at radius 1 is 1.47 bits per heavy atom. The van der Waals surface area contributed by atoms with Gasteiger partial charge in [-0.2, -0.15) is 0 Å². The van der Waals surface area contributed by atoms with Crippen LogP contribution in [0.25, 0.3) is 0 Å². The van der Waals surface area contributed by atoms with Gasteiger partial charge in [-0.15, -0.1) is 11.3 Å². The molecule has 0 radical (unpaired) electrons. The van der Waals surface area contributed by atoms with Gasteiger partial charge in [-0.1, -0.05) is 17.7 Å². The van der Waals surface area contributed by atoms with E-state index in [4.69, 9.17) is 11.6 Å². The van der Waals surface area contributed by atoms with E-state index in [1.165, 1.54) is 17.4 Å². The lowest BCUT2D eigenvalue weighted by molar-refractivity contribution is 0.632. The van der Waals surface area contributed by atoms with Crippen LogP contribution in [0.3, 0.4) is 0 Å². The molecule has 1 aromatic carbocycles. The van der Waals surface area contributed by atoms with E-state index in [1.807, 2.05) is 0 Å². The summed E-state index contributed by atoms with van der Waals surface area (Å²) < 4.78 is 14.1.